The van der Waals surface area contributed by atoms with Crippen molar-refractivity contribution >= 4 is 29.1 Å². The highest BCUT2D eigenvalue weighted by atomic mass is 35.5. The average molecular weight is 321 g/mol. The Bertz CT molecular complexity index is 575. The molecule has 0 radical (unpaired) electrons. The Kier molecular flexibility index (Phi) is 4.41. The lowest BCUT2D eigenvalue weighted by Crippen LogP contribution is -2.38. The molecule has 1 saturated heterocycles. The lowest BCUT2D eigenvalue weighted by atomic mass is 9.96. The van der Waals surface area contributed by atoms with Crippen LogP contribution in [-0.2, 0) is 15.8 Å². The maximum atomic E-state index is 12.7. The first kappa shape index (κ1) is 15.6. The number of piperidine rings is 1. The first-order valence-corrected chi connectivity index (χ1v) is 6.59. The summed E-state index contributed by atoms with van der Waals surface area (Å²) in [5.74, 6) is -1.25. The number of hydrogen-bond acceptors (Lipinski definition) is 2. The van der Waals surface area contributed by atoms with Crippen LogP contribution in [0.15, 0.2) is 18.2 Å². The first-order valence-electron chi connectivity index (χ1n) is 6.21. The SMILES string of the molecule is O=C1CC(C(=O)Nc2ccc(Cl)c(C(F)(F)F)c2)CCN1. The molecule has 1 heterocycles. The van der Waals surface area contributed by atoms with Crippen LogP contribution in [0.5, 0.6) is 0 Å². The lowest BCUT2D eigenvalue weighted by Gasteiger charge is -2.21. The van der Waals surface area contributed by atoms with Crippen LogP contribution in [0.3, 0.4) is 0 Å². The summed E-state index contributed by atoms with van der Waals surface area (Å²) in [6, 6.07) is 3.15. The van der Waals surface area contributed by atoms with E-state index in [9.17, 15) is 22.8 Å². The van der Waals surface area contributed by atoms with Gasteiger partial charge in [0.1, 0.15) is 0 Å². The second kappa shape index (κ2) is 5.93. The van der Waals surface area contributed by atoms with Gasteiger partial charge in [0.05, 0.1) is 10.6 Å². The maximum absolute atomic E-state index is 12.7. The van der Waals surface area contributed by atoms with Gasteiger partial charge in [-0.1, -0.05) is 11.6 Å². The van der Waals surface area contributed by atoms with Crippen molar-refractivity contribution in [3.63, 3.8) is 0 Å². The van der Waals surface area contributed by atoms with E-state index in [4.69, 9.17) is 11.6 Å². The van der Waals surface area contributed by atoms with Crippen molar-refractivity contribution in [3.05, 3.63) is 28.8 Å². The average Bonchev–Trinajstić information content (AvgIpc) is 2.39. The van der Waals surface area contributed by atoms with Crippen LogP contribution < -0.4 is 10.6 Å². The lowest BCUT2D eigenvalue weighted by molar-refractivity contribution is -0.137. The van der Waals surface area contributed by atoms with Gasteiger partial charge in [-0.05, 0) is 24.6 Å². The Morgan fingerprint density at radius 3 is 2.71 bits per heavy atom. The van der Waals surface area contributed by atoms with Crippen LogP contribution in [0.1, 0.15) is 18.4 Å². The molecule has 0 aliphatic carbocycles. The summed E-state index contributed by atoms with van der Waals surface area (Å²) < 4.78 is 38.2. The van der Waals surface area contributed by atoms with E-state index >= 15 is 0 Å². The van der Waals surface area contributed by atoms with Gasteiger partial charge in [0.15, 0.2) is 0 Å². The monoisotopic (exact) mass is 320 g/mol. The van der Waals surface area contributed by atoms with Gasteiger partial charge in [-0.2, -0.15) is 13.2 Å². The topological polar surface area (TPSA) is 58.2 Å². The summed E-state index contributed by atoms with van der Waals surface area (Å²) >= 11 is 5.50. The number of hydrogen-bond donors (Lipinski definition) is 2. The van der Waals surface area contributed by atoms with Crippen molar-refractivity contribution in [1.82, 2.24) is 5.32 Å². The van der Waals surface area contributed by atoms with Crippen molar-refractivity contribution < 1.29 is 22.8 Å². The minimum atomic E-state index is -4.59. The normalized spacial score (nSPS) is 19.0. The van der Waals surface area contributed by atoms with E-state index in [1.165, 1.54) is 6.07 Å². The molecule has 1 atom stereocenters. The van der Waals surface area contributed by atoms with Crippen molar-refractivity contribution in [2.24, 2.45) is 5.92 Å². The molecule has 8 heteroatoms. The third-order valence-electron chi connectivity index (χ3n) is 3.16. The molecule has 114 valence electrons. The van der Waals surface area contributed by atoms with Crippen LogP contribution in [0.2, 0.25) is 5.02 Å². The third-order valence-corrected chi connectivity index (χ3v) is 3.49. The highest BCUT2D eigenvalue weighted by molar-refractivity contribution is 6.31. The van der Waals surface area contributed by atoms with E-state index in [1.807, 2.05) is 0 Å². The molecule has 0 bridgehead atoms. The largest absolute Gasteiger partial charge is 0.417 e. The number of rotatable bonds is 2. The van der Waals surface area contributed by atoms with Gasteiger partial charge in [-0.25, -0.2) is 0 Å². The summed E-state index contributed by atoms with van der Waals surface area (Å²) in [5, 5.41) is 4.54. The zero-order valence-electron chi connectivity index (χ0n) is 10.8. The molecule has 1 fully saturated rings. The van der Waals surface area contributed by atoms with Crippen molar-refractivity contribution in [2.45, 2.75) is 19.0 Å². The minimum Gasteiger partial charge on any atom is -0.356 e. The molecule has 2 rings (SSSR count). The molecule has 2 N–H and O–H groups in total. The number of alkyl halides is 3. The Morgan fingerprint density at radius 2 is 2.10 bits per heavy atom. The molecule has 1 unspecified atom stereocenters. The molecule has 0 spiro atoms. The molecule has 1 aromatic rings. The summed E-state index contributed by atoms with van der Waals surface area (Å²) in [5.41, 5.74) is -1.01. The summed E-state index contributed by atoms with van der Waals surface area (Å²) in [4.78, 5) is 23.2. The Hall–Kier alpha value is -1.76. The molecule has 2 amide bonds. The molecule has 1 aliphatic heterocycles. The fourth-order valence-electron chi connectivity index (χ4n) is 2.07. The van der Waals surface area contributed by atoms with Crippen LogP contribution in [0.25, 0.3) is 0 Å². The van der Waals surface area contributed by atoms with Gasteiger partial charge in [0.25, 0.3) is 0 Å². The van der Waals surface area contributed by atoms with E-state index in [0.717, 1.165) is 12.1 Å². The van der Waals surface area contributed by atoms with Crippen LogP contribution in [0, 0.1) is 5.92 Å². The molecule has 0 aromatic heterocycles. The minimum absolute atomic E-state index is 0.00251. The number of halogens is 4. The summed E-state index contributed by atoms with van der Waals surface area (Å²) in [6.07, 6.45) is -4.11. The zero-order chi connectivity index (χ0) is 15.6. The van der Waals surface area contributed by atoms with E-state index in [0.29, 0.717) is 13.0 Å². The smallest absolute Gasteiger partial charge is 0.356 e. The fraction of sp³-hybridized carbons (Fsp3) is 0.385. The Labute approximate surface area is 123 Å². The first-order chi connectivity index (χ1) is 9.77. The molecule has 1 aromatic carbocycles. The van der Waals surface area contributed by atoms with Gasteiger partial charge in [-0.15, -0.1) is 0 Å². The van der Waals surface area contributed by atoms with Crippen LogP contribution >= 0.6 is 11.6 Å². The number of benzene rings is 1. The zero-order valence-corrected chi connectivity index (χ0v) is 11.5. The predicted molar refractivity (Wildman–Crippen MR) is 70.8 cm³/mol. The molecular weight excluding hydrogens is 309 g/mol. The molecule has 21 heavy (non-hydrogen) atoms. The van der Waals surface area contributed by atoms with Crippen molar-refractivity contribution in [2.75, 3.05) is 11.9 Å². The molecular formula is C13H12ClF3N2O2. The molecule has 1 aliphatic rings. The molecule has 4 nitrogen and oxygen atoms in total. The van der Waals surface area contributed by atoms with Gasteiger partial charge in [0, 0.05) is 24.6 Å². The van der Waals surface area contributed by atoms with Gasteiger partial charge < -0.3 is 10.6 Å². The second-order valence-electron chi connectivity index (χ2n) is 4.72. The highest BCUT2D eigenvalue weighted by Crippen LogP contribution is 2.36. The van der Waals surface area contributed by atoms with Crippen molar-refractivity contribution in [1.29, 1.82) is 0 Å². The van der Waals surface area contributed by atoms with Crippen molar-refractivity contribution in [3.8, 4) is 0 Å². The predicted octanol–water partition coefficient (Wildman–Crippen LogP) is 2.82. The van der Waals surface area contributed by atoms with Gasteiger partial charge >= 0.3 is 6.18 Å². The maximum Gasteiger partial charge on any atom is 0.417 e. The summed E-state index contributed by atoms with van der Waals surface area (Å²) in [6.45, 7) is 0.380. The quantitative estimate of drug-likeness (QED) is 0.880. The second-order valence-corrected chi connectivity index (χ2v) is 5.13. The van der Waals surface area contributed by atoms with E-state index in [2.05, 4.69) is 10.6 Å². The number of nitrogens with one attached hydrogen (secondary N) is 2. The van der Waals surface area contributed by atoms with E-state index in [1.54, 1.807) is 0 Å². The Morgan fingerprint density at radius 1 is 1.38 bits per heavy atom. The fourth-order valence-corrected chi connectivity index (χ4v) is 2.30. The third kappa shape index (κ3) is 3.87. The van der Waals surface area contributed by atoms with Crippen LogP contribution in [-0.4, -0.2) is 18.4 Å². The highest BCUT2D eigenvalue weighted by Gasteiger charge is 2.33. The van der Waals surface area contributed by atoms with Gasteiger partial charge in [-0.3, -0.25) is 9.59 Å². The standard InChI is InChI=1S/C13H12ClF3N2O2/c14-10-2-1-8(6-9(10)13(15,16)17)19-12(21)7-3-4-18-11(20)5-7/h1-2,6-7H,3-5H2,(H,18,20)(H,19,21). The molecule has 0 saturated carbocycles. The van der Waals surface area contributed by atoms with Gasteiger partial charge in [0.2, 0.25) is 11.8 Å². The van der Waals surface area contributed by atoms with E-state index < -0.39 is 28.6 Å². The Balaban J connectivity index is 2.12. The number of anilines is 1. The van der Waals surface area contributed by atoms with E-state index in [-0.39, 0.29) is 18.0 Å². The van der Waals surface area contributed by atoms with Crippen LogP contribution in [0.4, 0.5) is 18.9 Å². The summed E-state index contributed by atoms with van der Waals surface area (Å²) in [7, 11) is 0. The number of carbonyl (C=O) groups excluding carboxylic acids is 2. The number of carbonyl (C=O) groups is 2. The number of amides is 2.